The van der Waals surface area contributed by atoms with Crippen LogP contribution in [0.5, 0.6) is 0 Å². The van der Waals surface area contributed by atoms with Gasteiger partial charge in [0.25, 0.3) is 0 Å². The third kappa shape index (κ3) is 4.26. The molecule has 7 heteroatoms. The van der Waals surface area contributed by atoms with Crippen LogP contribution in [0, 0.1) is 0 Å². The standard InChI is InChI=1S/C9H18N6O/c1-3-14(2)5-4-11-8(16)6-15-7-12-9(10)13-15/h7H,3-6H2,1-2H3,(H2,10,13)(H,11,16). The molecule has 0 spiro atoms. The molecule has 0 saturated carbocycles. The molecule has 0 aliphatic heterocycles. The van der Waals surface area contributed by atoms with Crippen LogP contribution in [0.3, 0.4) is 0 Å². The first-order valence-electron chi connectivity index (χ1n) is 5.22. The van der Waals surface area contributed by atoms with Gasteiger partial charge < -0.3 is 16.0 Å². The number of nitrogens with two attached hydrogens (primary N) is 1. The Bertz CT molecular complexity index is 336. The number of aromatic nitrogens is 3. The van der Waals surface area contributed by atoms with Gasteiger partial charge in [-0.3, -0.25) is 4.79 Å². The topological polar surface area (TPSA) is 89.1 Å². The summed E-state index contributed by atoms with van der Waals surface area (Å²) in [4.78, 5) is 17.3. The average molecular weight is 226 g/mol. The van der Waals surface area contributed by atoms with Gasteiger partial charge in [-0.15, -0.1) is 5.10 Å². The summed E-state index contributed by atoms with van der Waals surface area (Å²) in [5.41, 5.74) is 5.33. The van der Waals surface area contributed by atoms with Crippen LogP contribution in [-0.2, 0) is 11.3 Å². The van der Waals surface area contributed by atoms with E-state index in [0.29, 0.717) is 6.54 Å². The zero-order valence-electron chi connectivity index (χ0n) is 9.68. The summed E-state index contributed by atoms with van der Waals surface area (Å²) in [6.07, 6.45) is 1.44. The van der Waals surface area contributed by atoms with E-state index in [0.717, 1.165) is 13.1 Å². The van der Waals surface area contributed by atoms with Crippen LogP contribution < -0.4 is 11.1 Å². The average Bonchev–Trinajstić information content (AvgIpc) is 2.63. The molecule has 1 rings (SSSR count). The van der Waals surface area contributed by atoms with Gasteiger partial charge in [0.15, 0.2) is 0 Å². The monoisotopic (exact) mass is 226 g/mol. The van der Waals surface area contributed by atoms with Crippen molar-refractivity contribution in [2.45, 2.75) is 13.5 Å². The predicted molar refractivity (Wildman–Crippen MR) is 60.6 cm³/mol. The smallest absolute Gasteiger partial charge is 0.241 e. The lowest BCUT2D eigenvalue weighted by Crippen LogP contribution is -2.34. The number of anilines is 1. The molecule has 0 saturated heterocycles. The molecule has 1 aromatic heterocycles. The summed E-state index contributed by atoms with van der Waals surface area (Å²) < 4.78 is 1.41. The maximum Gasteiger partial charge on any atom is 0.241 e. The minimum atomic E-state index is -0.0885. The van der Waals surface area contributed by atoms with Crippen molar-refractivity contribution in [2.75, 3.05) is 32.4 Å². The lowest BCUT2D eigenvalue weighted by atomic mass is 10.5. The van der Waals surface area contributed by atoms with Gasteiger partial charge in [-0.1, -0.05) is 6.92 Å². The van der Waals surface area contributed by atoms with Gasteiger partial charge in [-0.05, 0) is 13.6 Å². The molecule has 0 aliphatic carbocycles. The second kappa shape index (κ2) is 6.06. The molecule has 7 nitrogen and oxygen atoms in total. The molecule has 0 aromatic carbocycles. The van der Waals surface area contributed by atoms with E-state index in [1.54, 1.807) is 0 Å². The van der Waals surface area contributed by atoms with E-state index >= 15 is 0 Å². The number of nitrogens with zero attached hydrogens (tertiary/aromatic N) is 4. The second-order valence-electron chi connectivity index (χ2n) is 3.55. The van der Waals surface area contributed by atoms with Crippen LogP contribution in [0.1, 0.15) is 6.92 Å². The molecule has 0 radical (unpaired) electrons. The number of hydrogen-bond acceptors (Lipinski definition) is 5. The highest BCUT2D eigenvalue weighted by molar-refractivity contribution is 5.75. The van der Waals surface area contributed by atoms with Crippen molar-refractivity contribution >= 4 is 11.9 Å². The van der Waals surface area contributed by atoms with Gasteiger partial charge >= 0.3 is 0 Å². The lowest BCUT2D eigenvalue weighted by molar-refractivity contribution is -0.121. The molecule has 1 heterocycles. The van der Waals surface area contributed by atoms with Crippen LogP contribution in [0.2, 0.25) is 0 Å². The summed E-state index contributed by atoms with van der Waals surface area (Å²) in [5.74, 6) is 0.0907. The lowest BCUT2D eigenvalue weighted by Gasteiger charge is -2.13. The third-order valence-electron chi connectivity index (χ3n) is 2.22. The maximum atomic E-state index is 11.4. The fourth-order valence-corrected chi connectivity index (χ4v) is 1.13. The largest absolute Gasteiger partial charge is 0.367 e. The van der Waals surface area contributed by atoms with Gasteiger partial charge in [0.2, 0.25) is 11.9 Å². The Labute approximate surface area is 94.6 Å². The van der Waals surface area contributed by atoms with Crippen molar-refractivity contribution in [3.05, 3.63) is 6.33 Å². The van der Waals surface area contributed by atoms with E-state index in [1.165, 1.54) is 11.0 Å². The Morgan fingerprint density at radius 2 is 2.44 bits per heavy atom. The Morgan fingerprint density at radius 3 is 3.00 bits per heavy atom. The first-order chi connectivity index (χ1) is 7.61. The fourth-order valence-electron chi connectivity index (χ4n) is 1.13. The zero-order chi connectivity index (χ0) is 12.0. The van der Waals surface area contributed by atoms with E-state index in [-0.39, 0.29) is 18.4 Å². The number of hydrogen-bond donors (Lipinski definition) is 2. The summed E-state index contributed by atoms with van der Waals surface area (Å²) in [6, 6.07) is 0. The minimum Gasteiger partial charge on any atom is -0.367 e. The highest BCUT2D eigenvalue weighted by Crippen LogP contribution is 1.88. The first kappa shape index (κ1) is 12.4. The number of amides is 1. The Hall–Kier alpha value is -1.63. The number of likely N-dealkylation sites (N-methyl/N-ethyl adjacent to an activating group) is 1. The number of nitrogen functional groups attached to an aromatic ring is 1. The molecular formula is C9H18N6O. The minimum absolute atomic E-state index is 0.0885. The Morgan fingerprint density at radius 1 is 1.69 bits per heavy atom. The maximum absolute atomic E-state index is 11.4. The SMILES string of the molecule is CCN(C)CCNC(=O)Cn1cnc(N)n1. The number of carbonyl (C=O) groups excluding carboxylic acids is 1. The summed E-state index contributed by atoms with van der Waals surface area (Å²) in [6.45, 7) is 4.66. The normalized spacial score (nSPS) is 10.7. The molecular weight excluding hydrogens is 208 g/mol. The highest BCUT2D eigenvalue weighted by Gasteiger charge is 2.04. The van der Waals surface area contributed by atoms with Crippen molar-refractivity contribution < 1.29 is 4.79 Å². The number of nitrogens with one attached hydrogen (secondary N) is 1. The Kier molecular flexibility index (Phi) is 4.71. The highest BCUT2D eigenvalue weighted by atomic mass is 16.2. The van der Waals surface area contributed by atoms with Crippen molar-refractivity contribution in [3.63, 3.8) is 0 Å². The molecule has 0 bridgehead atoms. The van der Waals surface area contributed by atoms with Gasteiger partial charge in [0.1, 0.15) is 12.9 Å². The van der Waals surface area contributed by atoms with Crippen molar-refractivity contribution in [2.24, 2.45) is 0 Å². The van der Waals surface area contributed by atoms with Gasteiger partial charge in [-0.25, -0.2) is 9.67 Å². The van der Waals surface area contributed by atoms with Gasteiger partial charge in [0.05, 0.1) is 0 Å². The quantitative estimate of drug-likeness (QED) is 0.644. The molecule has 0 unspecified atom stereocenters. The van der Waals surface area contributed by atoms with E-state index < -0.39 is 0 Å². The van der Waals surface area contributed by atoms with Crippen LogP contribution >= 0.6 is 0 Å². The van der Waals surface area contributed by atoms with E-state index in [9.17, 15) is 4.79 Å². The molecule has 1 amide bonds. The van der Waals surface area contributed by atoms with Crippen LogP contribution in [0.15, 0.2) is 6.33 Å². The molecule has 0 atom stereocenters. The number of carbonyl (C=O) groups is 1. The van der Waals surface area contributed by atoms with E-state index in [2.05, 4.69) is 27.2 Å². The molecule has 1 aromatic rings. The molecule has 0 fully saturated rings. The van der Waals surface area contributed by atoms with Crippen LogP contribution in [0.4, 0.5) is 5.95 Å². The van der Waals surface area contributed by atoms with Crippen LogP contribution in [-0.4, -0.2) is 52.3 Å². The van der Waals surface area contributed by atoms with Crippen molar-refractivity contribution in [1.29, 1.82) is 0 Å². The number of rotatable bonds is 6. The summed E-state index contributed by atoms with van der Waals surface area (Å²) >= 11 is 0. The van der Waals surface area contributed by atoms with Crippen molar-refractivity contribution in [1.82, 2.24) is 25.0 Å². The second-order valence-corrected chi connectivity index (χ2v) is 3.55. The summed E-state index contributed by atoms with van der Waals surface area (Å²) in [7, 11) is 2.00. The first-order valence-corrected chi connectivity index (χ1v) is 5.22. The zero-order valence-corrected chi connectivity index (χ0v) is 9.68. The molecule has 3 N–H and O–H groups in total. The molecule has 16 heavy (non-hydrogen) atoms. The molecule has 0 aliphatic rings. The van der Waals surface area contributed by atoms with Crippen LogP contribution in [0.25, 0.3) is 0 Å². The van der Waals surface area contributed by atoms with E-state index in [4.69, 9.17) is 5.73 Å². The van der Waals surface area contributed by atoms with Crippen molar-refractivity contribution in [3.8, 4) is 0 Å². The van der Waals surface area contributed by atoms with Gasteiger partial charge in [0, 0.05) is 13.1 Å². The van der Waals surface area contributed by atoms with Gasteiger partial charge in [-0.2, -0.15) is 0 Å². The Balaban J connectivity index is 2.21. The predicted octanol–water partition coefficient (Wildman–Crippen LogP) is -1.07. The molecule has 90 valence electrons. The fraction of sp³-hybridized carbons (Fsp3) is 0.667. The summed E-state index contributed by atoms with van der Waals surface area (Å²) in [5, 5.41) is 6.62. The third-order valence-corrected chi connectivity index (χ3v) is 2.22. The van der Waals surface area contributed by atoms with E-state index in [1.807, 2.05) is 7.05 Å².